The molecule has 0 saturated heterocycles. The van der Waals surface area contributed by atoms with Crippen LogP contribution in [-0.4, -0.2) is 12.1 Å². The van der Waals surface area contributed by atoms with Gasteiger partial charge in [-0.15, -0.1) is 0 Å². The van der Waals surface area contributed by atoms with Crippen molar-refractivity contribution in [1.29, 1.82) is 0 Å². The summed E-state index contributed by atoms with van der Waals surface area (Å²) in [5.74, 6) is 0.434. The molecule has 3 saturated carbocycles. The van der Waals surface area contributed by atoms with Crippen LogP contribution in [0.3, 0.4) is 0 Å². The minimum absolute atomic E-state index is 0.0439. The van der Waals surface area contributed by atoms with E-state index in [2.05, 4.69) is 0 Å². The van der Waals surface area contributed by atoms with Crippen LogP contribution in [0.25, 0.3) is 0 Å². The smallest absolute Gasteiger partial charge is 0.138 e. The normalized spacial score (nSPS) is 39.8. The molecule has 0 aliphatic heterocycles. The number of fused-ring (bicyclic) bond motifs is 4. The van der Waals surface area contributed by atoms with E-state index in [1.807, 2.05) is 6.92 Å². The Kier molecular flexibility index (Phi) is 2.70. The molecule has 0 spiro atoms. The zero-order valence-corrected chi connectivity index (χ0v) is 9.55. The van der Waals surface area contributed by atoms with Crippen LogP contribution in [0.4, 0.5) is 0 Å². The van der Waals surface area contributed by atoms with Gasteiger partial charge in [0.25, 0.3) is 0 Å². The Morgan fingerprint density at radius 1 is 1.13 bits per heavy atom. The van der Waals surface area contributed by atoms with Crippen LogP contribution in [0.1, 0.15) is 58.3 Å². The molecule has 3 aliphatic carbocycles. The molecule has 0 aromatic heterocycles. The molecule has 0 unspecified atom stereocenters. The maximum atomic E-state index is 12.0. The Morgan fingerprint density at radius 3 is 2.33 bits per heavy atom. The fourth-order valence-corrected chi connectivity index (χ4v) is 3.48. The minimum atomic E-state index is -0.0615. The molecule has 3 fully saturated rings. The Labute approximate surface area is 91.4 Å². The maximum absolute atomic E-state index is 12.0. The van der Waals surface area contributed by atoms with Crippen LogP contribution in [0.2, 0.25) is 0 Å². The highest BCUT2D eigenvalue weighted by molar-refractivity contribution is 5.85. The van der Waals surface area contributed by atoms with Crippen LogP contribution in [-0.2, 0) is 9.59 Å². The van der Waals surface area contributed by atoms with Crippen molar-refractivity contribution >= 4 is 12.1 Å². The molecule has 3 aliphatic rings. The Hall–Kier alpha value is -0.660. The van der Waals surface area contributed by atoms with E-state index in [1.54, 1.807) is 0 Å². The number of carbonyl (C=O) groups excluding carboxylic acids is 2. The van der Waals surface area contributed by atoms with E-state index in [9.17, 15) is 9.59 Å². The van der Waals surface area contributed by atoms with Crippen LogP contribution in [0.5, 0.6) is 0 Å². The Bertz CT molecular complexity index is 272. The van der Waals surface area contributed by atoms with Gasteiger partial charge in [0.05, 0.1) is 0 Å². The number of ketones is 1. The van der Waals surface area contributed by atoms with E-state index in [0.29, 0.717) is 12.2 Å². The third-order valence-electron chi connectivity index (χ3n) is 4.70. The fourth-order valence-electron chi connectivity index (χ4n) is 3.48. The summed E-state index contributed by atoms with van der Waals surface area (Å²) in [7, 11) is 0. The molecule has 2 nitrogen and oxygen atoms in total. The number of carbonyl (C=O) groups is 2. The van der Waals surface area contributed by atoms with Crippen LogP contribution in [0.15, 0.2) is 0 Å². The SMILES string of the molecule is CCC(=O)C12CCCC(C=O)(CC1)CC2. The molecule has 0 atom stereocenters. The first-order valence-electron chi connectivity index (χ1n) is 6.16. The van der Waals surface area contributed by atoms with Gasteiger partial charge in [0, 0.05) is 17.3 Å². The van der Waals surface area contributed by atoms with Crippen molar-refractivity contribution in [2.24, 2.45) is 10.8 Å². The summed E-state index contributed by atoms with van der Waals surface area (Å²) in [6, 6.07) is 0. The molecule has 2 bridgehead atoms. The number of Topliss-reactive ketones (excluding diaryl/α,β-unsaturated/α-hetero) is 1. The summed E-state index contributed by atoms with van der Waals surface area (Å²) in [5.41, 5.74) is -0.105. The van der Waals surface area contributed by atoms with Gasteiger partial charge in [-0.2, -0.15) is 0 Å². The summed E-state index contributed by atoms with van der Waals surface area (Å²) >= 11 is 0. The van der Waals surface area contributed by atoms with Gasteiger partial charge >= 0.3 is 0 Å². The molecule has 0 aromatic carbocycles. The van der Waals surface area contributed by atoms with Crippen molar-refractivity contribution in [3.8, 4) is 0 Å². The minimum Gasteiger partial charge on any atom is -0.303 e. The summed E-state index contributed by atoms with van der Waals surface area (Å²) in [6.45, 7) is 1.96. The van der Waals surface area contributed by atoms with Gasteiger partial charge in [-0.25, -0.2) is 0 Å². The molecule has 0 N–H and O–H groups in total. The average molecular weight is 208 g/mol. The van der Waals surface area contributed by atoms with E-state index in [4.69, 9.17) is 0 Å². The van der Waals surface area contributed by atoms with Gasteiger partial charge in [0.15, 0.2) is 0 Å². The van der Waals surface area contributed by atoms with E-state index < -0.39 is 0 Å². The van der Waals surface area contributed by atoms with Crippen molar-refractivity contribution < 1.29 is 9.59 Å². The lowest BCUT2D eigenvalue weighted by Crippen LogP contribution is -2.36. The zero-order valence-electron chi connectivity index (χ0n) is 9.55. The van der Waals surface area contributed by atoms with Crippen molar-refractivity contribution in [1.82, 2.24) is 0 Å². The lowest BCUT2D eigenvalue weighted by molar-refractivity contribution is -0.133. The van der Waals surface area contributed by atoms with Gasteiger partial charge in [-0.05, 0) is 38.5 Å². The van der Waals surface area contributed by atoms with Crippen LogP contribution < -0.4 is 0 Å². The second-order valence-corrected chi connectivity index (χ2v) is 5.39. The number of hydrogen-bond donors (Lipinski definition) is 0. The number of hydrogen-bond acceptors (Lipinski definition) is 2. The lowest BCUT2D eigenvalue weighted by Gasteiger charge is -2.39. The van der Waals surface area contributed by atoms with Crippen LogP contribution in [0, 0.1) is 10.8 Å². The molecular weight excluding hydrogens is 188 g/mol. The molecule has 0 radical (unpaired) electrons. The molecular formula is C13H20O2. The molecule has 2 heteroatoms. The van der Waals surface area contributed by atoms with E-state index in [0.717, 1.165) is 44.9 Å². The highest BCUT2D eigenvalue weighted by Crippen LogP contribution is 2.53. The maximum Gasteiger partial charge on any atom is 0.138 e. The second-order valence-electron chi connectivity index (χ2n) is 5.39. The fraction of sp³-hybridized carbons (Fsp3) is 0.846. The molecule has 3 rings (SSSR count). The van der Waals surface area contributed by atoms with E-state index in [-0.39, 0.29) is 10.8 Å². The summed E-state index contributed by atoms with van der Waals surface area (Å²) in [4.78, 5) is 23.2. The molecule has 0 heterocycles. The Balaban J connectivity index is 2.21. The first kappa shape index (κ1) is 10.8. The van der Waals surface area contributed by atoms with Gasteiger partial charge < -0.3 is 4.79 Å². The topological polar surface area (TPSA) is 34.1 Å². The van der Waals surface area contributed by atoms with E-state index >= 15 is 0 Å². The van der Waals surface area contributed by atoms with E-state index in [1.165, 1.54) is 6.29 Å². The largest absolute Gasteiger partial charge is 0.303 e. The third kappa shape index (κ3) is 1.64. The molecule has 0 amide bonds. The summed E-state index contributed by atoms with van der Waals surface area (Å²) in [6.07, 6.45) is 8.73. The zero-order chi connectivity index (χ0) is 10.9. The highest BCUT2D eigenvalue weighted by Gasteiger charge is 2.48. The molecule has 15 heavy (non-hydrogen) atoms. The highest BCUT2D eigenvalue weighted by atomic mass is 16.1. The number of rotatable bonds is 3. The van der Waals surface area contributed by atoms with Crippen molar-refractivity contribution in [2.45, 2.75) is 58.3 Å². The van der Waals surface area contributed by atoms with Crippen molar-refractivity contribution in [3.63, 3.8) is 0 Å². The monoisotopic (exact) mass is 208 g/mol. The average Bonchev–Trinajstić information content (AvgIpc) is 2.59. The number of aldehydes is 1. The van der Waals surface area contributed by atoms with Gasteiger partial charge in [-0.3, -0.25) is 4.79 Å². The predicted molar refractivity (Wildman–Crippen MR) is 58.5 cm³/mol. The van der Waals surface area contributed by atoms with Gasteiger partial charge in [-0.1, -0.05) is 13.3 Å². The Morgan fingerprint density at radius 2 is 1.80 bits per heavy atom. The van der Waals surface area contributed by atoms with Gasteiger partial charge in [0.2, 0.25) is 0 Å². The predicted octanol–water partition coefficient (Wildman–Crippen LogP) is 2.90. The summed E-state index contributed by atoms with van der Waals surface area (Å²) in [5, 5.41) is 0. The quantitative estimate of drug-likeness (QED) is 0.668. The third-order valence-corrected chi connectivity index (χ3v) is 4.70. The van der Waals surface area contributed by atoms with Gasteiger partial charge in [0.1, 0.15) is 12.1 Å². The van der Waals surface area contributed by atoms with Crippen molar-refractivity contribution in [3.05, 3.63) is 0 Å². The first-order valence-corrected chi connectivity index (χ1v) is 6.16. The first-order chi connectivity index (χ1) is 7.16. The standard InChI is InChI=1S/C13H20O2/c1-2-11(15)13-5-3-4-12(10-14,6-8-13)7-9-13/h10H,2-9H2,1H3. The summed E-state index contributed by atoms with van der Waals surface area (Å²) < 4.78 is 0. The second kappa shape index (κ2) is 3.73. The molecule has 0 aromatic rings. The van der Waals surface area contributed by atoms with Crippen molar-refractivity contribution in [2.75, 3.05) is 0 Å². The lowest BCUT2D eigenvalue weighted by atomic mass is 9.64. The molecule has 84 valence electrons. The van der Waals surface area contributed by atoms with Crippen LogP contribution >= 0.6 is 0 Å².